The molecule has 0 spiro atoms. The molecule has 1 N–H and O–H groups in total. The van der Waals surface area contributed by atoms with Crippen LogP contribution in [0.15, 0.2) is 59.4 Å². The number of fused-ring (bicyclic) bond motifs is 1. The van der Waals surface area contributed by atoms with Gasteiger partial charge in [0, 0.05) is 31.6 Å². The molecule has 33 heavy (non-hydrogen) atoms. The number of anilines is 1. The van der Waals surface area contributed by atoms with E-state index < -0.39 is 5.82 Å². The summed E-state index contributed by atoms with van der Waals surface area (Å²) in [5.74, 6) is 1.53. The van der Waals surface area contributed by atoms with Gasteiger partial charge in [-0.3, -0.25) is 9.59 Å². The van der Waals surface area contributed by atoms with Gasteiger partial charge in [-0.1, -0.05) is 12.1 Å². The second-order valence-corrected chi connectivity index (χ2v) is 8.09. The number of aromatic nitrogens is 2. The maximum absolute atomic E-state index is 13.6. The van der Waals surface area contributed by atoms with Crippen molar-refractivity contribution in [2.24, 2.45) is 5.92 Å². The minimum Gasteiger partial charge on any atom is -0.454 e. The number of nitrogens with one attached hydrogen (secondary N) is 1. The highest BCUT2D eigenvalue weighted by Crippen LogP contribution is 2.32. The van der Waals surface area contributed by atoms with Gasteiger partial charge in [0.25, 0.3) is 5.56 Å². The van der Waals surface area contributed by atoms with Crippen molar-refractivity contribution in [1.29, 1.82) is 0 Å². The number of hydrogen-bond donors (Lipinski definition) is 1. The lowest BCUT2D eigenvalue weighted by atomic mass is 9.96. The zero-order valence-corrected chi connectivity index (χ0v) is 17.9. The van der Waals surface area contributed by atoms with Crippen LogP contribution >= 0.6 is 0 Å². The van der Waals surface area contributed by atoms with Crippen molar-refractivity contribution in [3.8, 4) is 17.2 Å². The maximum atomic E-state index is 13.6. The predicted octanol–water partition coefficient (Wildman–Crippen LogP) is 2.63. The molecule has 2 aliphatic rings. The lowest BCUT2D eigenvalue weighted by Crippen LogP contribution is -2.41. The summed E-state index contributed by atoms with van der Waals surface area (Å²) in [5.41, 5.74) is 0.996. The van der Waals surface area contributed by atoms with Crippen molar-refractivity contribution >= 4 is 11.7 Å². The summed E-state index contributed by atoms with van der Waals surface area (Å²) < 4.78 is 25.5. The van der Waals surface area contributed by atoms with Gasteiger partial charge in [-0.15, -0.1) is 5.10 Å². The van der Waals surface area contributed by atoms with Gasteiger partial charge in [0.1, 0.15) is 11.6 Å². The average Bonchev–Trinajstić information content (AvgIpc) is 3.31. The molecule has 0 bridgehead atoms. The van der Waals surface area contributed by atoms with Crippen LogP contribution in [0.1, 0.15) is 18.4 Å². The van der Waals surface area contributed by atoms with E-state index in [2.05, 4.69) is 10.4 Å². The molecule has 1 amide bonds. The molecule has 0 atom stereocenters. The number of carbonyl (C=O) groups excluding carboxylic acids is 1. The Bertz CT molecular complexity index is 1240. The van der Waals surface area contributed by atoms with Gasteiger partial charge in [0.05, 0.1) is 5.69 Å². The summed E-state index contributed by atoms with van der Waals surface area (Å²) in [5, 5.41) is 7.43. The summed E-state index contributed by atoms with van der Waals surface area (Å²) in [6.07, 6.45) is 1.35. The van der Waals surface area contributed by atoms with Gasteiger partial charge in [-0.05, 0) is 54.8 Å². The van der Waals surface area contributed by atoms with Crippen LogP contribution in [0.2, 0.25) is 0 Å². The van der Waals surface area contributed by atoms with Crippen LogP contribution in [-0.2, 0) is 11.3 Å². The number of carbonyl (C=O) groups is 1. The number of ether oxygens (including phenoxy) is 2. The molecule has 9 heteroatoms. The van der Waals surface area contributed by atoms with Crippen molar-refractivity contribution < 1.29 is 18.7 Å². The van der Waals surface area contributed by atoms with E-state index in [1.807, 2.05) is 23.1 Å². The molecule has 1 fully saturated rings. The van der Waals surface area contributed by atoms with Crippen molar-refractivity contribution in [3.05, 3.63) is 76.3 Å². The second kappa shape index (κ2) is 8.93. The fourth-order valence-corrected chi connectivity index (χ4v) is 4.12. The Morgan fingerprint density at radius 3 is 2.70 bits per heavy atom. The van der Waals surface area contributed by atoms with Crippen LogP contribution in [0, 0.1) is 11.7 Å². The van der Waals surface area contributed by atoms with Crippen LogP contribution in [0.3, 0.4) is 0 Å². The van der Waals surface area contributed by atoms with Gasteiger partial charge in [-0.2, -0.15) is 4.68 Å². The molecule has 1 saturated heterocycles. The fraction of sp³-hybridized carbons (Fsp3) is 0.292. The van der Waals surface area contributed by atoms with E-state index in [4.69, 9.17) is 9.47 Å². The third kappa shape index (κ3) is 4.52. The molecule has 1 aromatic heterocycles. The van der Waals surface area contributed by atoms with E-state index in [1.54, 1.807) is 18.2 Å². The number of hydrogen-bond acceptors (Lipinski definition) is 6. The van der Waals surface area contributed by atoms with E-state index >= 15 is 0 Å². The lowest BCUT2D eigenvalue weighted by molar-refractivity contribution is -0.125. The molecule has 0 saturated carbocycles. The molecule has 3 aromatic rings. The topological polar surface area (TPSA) is 85.7 Å². The van der Waals surface area contributed by atoms with E-state index in [9.17, 15) is 14.0 Å². The van der Waals surface area contributed by atoms with Crippen molar-refractivity contribution in [3.63, 3.8) is 0 Å². The molecule has 3 heterocycles. The SMILES string of the molecule is O=C(NCc1ccc2c(c1)OCO2)C1CCN(c2ccc(=O)n(-c3cccc(F)c3)n2)CC1. The fourth-order valence-electron chi connectivity index (χ4n) is 4.12. The number of amides is 1. The summed E-state index contributed by atoms with van der Waals surface area (Å²) in [6, 6.07) is 14.5. The first-order chi connectivity index (χ1) is 16.1. The van der Waals surface area contributed by atoms with Crippen molar-refractivity contribution in [2.75, 3.05) is 24.8 Å². The second-order valence-electron chi connectivity index (χ2n) is 8.09. The minimum absolute atomic E-state index is 0.0185. The Labute approximate surface area is 189 Å². The molecule has 0 radical (unpaired) electrons. The Morgan fingerprint density at radius 2 is 1.88 bits per heavy atom. The number of nitrogens with zero attached hydrogens (tertiary/aromatic N) is 3. The Kier molecular flexibility index (Phi) is 5.68. The Hall–Kier alpha value is -3.88. The molecular weight excluding hydrogens is 427 g/mol. The van der Waals surface area contributed by atoms with Crippen molar-refractivity contribution in [1.82, 2.24) is 15.1 Å². The molecular formula is C24H23FN4O4. The number of halogens is 1. The molecule has 2 aliphatic heterocycles. The lowest BCUT2D eigenvalue weighted by Gasteiger charge is -2.32. The molecule has 8 nitrogen and oxygen atoms in total. The third-order valence-corrected chi connectivity index (χ3v) is 5.93. The van der Waals surface area contributed by atoms with E-state index in [0.717, 1.165) is 11.3 Å². The first-order valence-corrected chi connectivity index (χ1v) is 10.8. The monoisotopic (exact) mass is 450 g/mol. The van der Waals surface area contributed by atoms with Crippen molar-refractivity contribution in [2.45, 2.75) is 19.4 Å². The summed E-state index contributed by atoms with van der Waals surface area (Å²) in [7, 11) is 0. The summed E-state index contributed by atoms with van der Waals surface area (Å²) in [4.78, 5) is 27.0. The van der Waals surface area contributed by atoms with Gasteiger partial charge < -0.3 is 19.7 Å². The molecule has 0 aliphatic carbocycles. The number of benzene rings is 2. The standard InChI is InChI=1S/C24H23FN4O4/c25-18-2-1-3-19(13-18)29-23(30)7-6-22(27-29)28-10-8-17(9-11-28)24(31)26-14-16-4-5-20-21(12-16)33-15-32-20/h1-7,12-13,17H,8-11,14-15H2,(H,26,31). The van der Waals surface area contributed by atoms with E-state index in [0.29, 0.717) is 49.7 Å². The summed E-state index contributed by atoms with van der Waals surface area (Å²) in [6.45, 7) is 1.92. The third-order valence-electron chi connectivity index (χ3n) is 5.93. The average molecular weight is 450 g/mol. The highest BCUT2D eigenvalue weighted by atomic mass is 19.1. The largest absolute Gasteiger partial charge is 0.454 e. The van der Waals surface area contributed by atoms with Gasteiger partial charge in [0.15, 0.2) is 11.5 Å². The smallest absolute Gasteiger partial charge is 0.271 e. The first kappa shape index (κ1) is 21.0. The van der Waals surface area contributed by atoms with Crippen LogP contribution < -0.4 is 25.2 Å². The zero-order chi connectivity index (χ0) is 22.8. The minimum atomic E-state index is -0.431. The molecule has 0 unspecified atom stereocenters. The zero-order valence-electron chi connectivity index (χ0n) is 17.9. The Morgan fingerprint density at radius 1 is 1.06 bits per heavy atom. The van der Waals surface area contributed by atoms with Gasteiger partial charge >= 0.3 is 0 Å². The number of rotatable bonds is 5. The van der Waals surface area contributed by atoms with Crippen LogP contribution in [0.4, 0.5) is 10.2 Å². The Balaban J connectivity index is 1.19. The van der Waals surface area contributed by atoms with E-state index in [-0.39, 0.29) is 24.2 Å². The van der Waals surface area contributed by atoms with Crippen LogP contribution in [0.5, 0.6) is 11.5 Å². The van der Waals surface area contributed by atoms with Gasteiger partial charge in [-0.25, -0.2) is 4.39 Å². The van der Waals surface area contributed by atoms with Crippen LogP contribution in [-0.4, -0.2) is 35.6 Å². The predicted molar refractivity (Wildman–Crippen MR) is 119 cm³/mol. The molecule has 2 aromatic carbocycles. The highest BCUT2D eigenvalue weighted by molar-refractivity contribution is 5.79. The normalized spacial score (nSPS) is 15.5. The first-order valence-electron chi connectivity index (χ1n) is 10.8. The quantitative estimate of drug-likeness (QED) is 0.643. The summed E-state index contributed by atoms with van der Waals surface area (Å²) >= 11 is 0. The van der Waals surface area contributed by atoms with E-state index in [1.165, 1.54) is 22.9 Å². The highest BCUT2D eigenvalue weighted by Gasteiger charge is 2.26. The molecule has 170 valence electrons. The molecule has 5 rings (SSSR count). The number of piperidine rings is 1. The maximum Gasteiger partial charge on any atom is 0.271 e. The van der Waals surface area contributed by atoms with Gasteiger partial charge in [0.2, 0.25) is 12.7 Å². The van der Waals surface area contributed by atoms with Crippen LogP contribution in [0.25, 0.3) is 5.69 Å².